The fourth-order valence-electron chi connectivity index (χ4n) is 2.55. The number of rotatable bonds is 13. The lowest BCUT2D eigenvalue weighted by molar-refractivity contribution is 0.163. The molecule has 0 rings (SSSR count). The minimum absolute atomic E-state index is 0.700. The van der Waals surface area contributed by atoms with Crippen LogP contribution in [0.4, 0.5) is 0 Å². The van der Waals surface area contributed by atoms with E-state index in [1.807, 2.05) is 0 Å². The van der Waals surface area contributed by atoms with E-state index < -0.39 is 7.26 Å². The molecule has 1 nitrogen and oxygen atoms in total. The van der Waals surface area contributed by atoms with Crippen molar-refractivity contribution in [2.45, 2.75) is 66.2 Å². The highest BCUT2D eigenvalue weighted by molar-refractivity contribution is 7.75. The molecule has 0 N–H and O–H groups in total. The minimum atomic E-state index is -0.700. The van der Waals surface area contributed by atoms with Crippen molar-refractivity contribution in [1.29, 1.82) is 0 Å². The Morgan fingerprint density at radius 2 is 1.11 bits per heavy atom. The molecule has 0 spiro atoms. The van der Waals surface area contributed by atoms with Crippen molar-refractivity contribution in [3.63, 3.8) is 0 Å². The molecule has 0 saturated carbocycles. The van der Waals surface area contributed by atoms with Gasteiger partial charge < -0.3 is 4.74 Å². The first-order valence-electron chi connectivity index (χ1n) is 8.17. The number of hydrogen-bond acceptors (Lipinski definition) is 1. The number of ether oxygens (including phenoxy) is 1. The highest BCUT2D eigenvalue weighted by Gasteiger charge is 2.34. The van der Waals surface area contributed by atoms with Crippen LogP contribution >= 0.6 is 7.26 Å². The molecule has 0 aliphatic heterocycles. The van der Waals surface area contributed by atoms with Gasteiger partial charge in [0, 0.05) is 13.9 Å². The highest BCUT2D eigenvalue weighted by atomic mass is 31.2. The molecule has 0 amide bonds. The van der Waals surface area contributed by atoms with Crippen LogP contribution in [-0.2, 0) is 4.74 Å². The largest absolute Gasteiger partial charge is 0.378 e. The summed E-state index contributed by atoms with van der Waals surface area (Å²) in [6, 6.07) is 0. The summed E-state index contributed by atoms with van der Waals surface area (Å²) in [5, 5.41) is 0. The predicted octanol–water partition coefficient (Wildman–Crippen LogP) is 5.44. The van der Waals surface area contributed by atoms with Gasteiger partial charge in [-0.3, -0.25) is 0 Å². The van der Waals surface area contributed by atoms with Crippen molar-refractivity contribution < 1.29 is 4.74 Å². The first kappa shape index (κ1) is 18.4. The van der Waals surface area contributed by atoms with E-state index in [0.717, 1.165) is 13.2 Å². The average molecular weight is 275 g/mol. The first-order chi connectivity index (χ1) is 8.74. The molecule has 0 atom stereocenters. The van der Waals surface area contributed by atoms with Crippen molar-refractivity contribution in [3.8, 4) is 0 Å². The van der Waals surface area contributed by atoms with Gasteiger partial charge in [-0.1, -0.05) is 40.0 Å². The summed E-state index contributed by atoms with van der Waals surface area (Å²) in [6.07, 6.45) is 14.3. The van der Waals surface area contributed by atoms with Gasteiger partial charge in [0.15, 0.2) is 0 Å². The molecule has 0 saturated heterocycles. The molecule has 18 heavy (non-hydrogen) atoms. The summed E-state index contributed by atoms with van der Waals surface area (Å²) >= 11 is 0. The molecule has 0 aliphatic rings. The summed E-state index contributed by atoms with van der Waals surface area (Å²) in [5.41, 5.74) is 0. The monoisotopic (exact) mass is 275 g/mol. The standard InChI is InChI=1S/C16H36OP/c1-5-9-13-18(14-10-6-2,15-11-7-3)16-12-17-8-4/h5-16H2,1-4H3/q+1. The van der Waals surface area contributed by atoms with Crippen molar-refractivity contribution >= 4 is 7.26 Å². The number of hydrogen-bond donors (Lipinski definition) is 0. The minimum Gasteiger partial charge on any atom is -0.378 e. The highest BCUT2D eigenvalue weighted by Crippen LogP contribution is 2.60. The van der Waals surface area contributed by atoms with Gasteiger partial charge in [0.1, 0.15) is 0 Å². The molecular weight excluding hydrogens is 239 g/mol. The van der Waals surface area contributed by atoms with E-state index in [9.17, 15) is 0 Å². The fourth-order valence-corrected chi connectivity index (χ4v) is 7.37. The van der Waals surface area contributed by atoms with Gasteiger partial charge >= 0.3 is 0 Å². The van der Waals surface area contributed by atoms with E-state index in [2.05, 4.69) is 27.7 Å². The predicted molar refractivity (Wildman–Crippen MR) is 87.6 cm³/mol. The second kappa shape index (κ2) is 12.4. The Morgan fingerprint density at radius 1 is 0.667 bits per heavy atom. The van der Waals surface area contributed by atoms with Crippen LogP contribution in [0.3, 0.4) is 0 Å². The van der Waals surface area contributed by atoms with E-state index >= 15 is 0 Å². The smallest absolute Gasteiger partial charge is 0.0828 e. The summed E-state index contributed by atoms with van der Waals surface area (Å²) in [6.45, 7) is 11.0. The van der Waals surface area contributed by atoms with Gasteiger partial charge in [-0.05, 0) is 26.2 Å². The Balaban J connectivity index is 4.41. The van der Waals surface area contributed by atoms with Crippen LogP contribution < -0.4 is 0 Å². The summed E-state index contributed by atoms with van der Waals surface area (Å²) in [7, 11) is -0.700. The van der Waals surface area contributed by atoms with Gasteiger partial charge in [0.2, 0.25) is 0 Å². The third-order valence-electron chi connectivity index (χ3n) is 3.87. The normalized spacial score (nSPS) is 12.0. The van der Waals surface area contributed by atoms with Gasteiger partial charge in [-0.25, -0.2) is 0 Å². The molecule has 0 bridgehead atoms. The van der Waals surface area contributed by atoms with Crippen molar-refractivity contribution in [3.05, 3.63) is 0 Å². The van der Waals surface area contributed by atoms with Crippen LogP contribution in [0.5, 0.6) is 0 Å². The first-order valence-corrected chi connectivity index (χ1v) is 10.7. The van der Waals surface area contributed by atoms with Crippen LogP contribution in [0, 0.1) is 0 Å². The zero-order valence-corrected chi connectivity index (χ0v) is 14.2. The zero-order valence-electron chi connectivity index (χ0n) is 13.3. The summed E-state index contributed by atoms with van der Waals surface area (Å²) in [4.78, 5) is 0. The summed E-state index contributed by atoms with van der Waals surface area (Å²) < 4.78 is 5.66. The van der Waals surface area contributed by atoms with Gasteiger partial charge in [-0.15, -0.1) is 0 Å². The molecule has 2 heteroatoms. The average Bonchev–Trinajstić information content (AvgIpc) is 2.40. The van der Waals surface area contributed by atoms with Gasteiger partial charge in [0.25, 0.3) is 0 Å². The van der Waals surface area contributed by atoms with E-state index in [1.54, 1.807) is 0 Å². The molecule has 0 aromatic rings. The zero-order chi connectivity index (χ0) is 13.7. The number of unbranched alkanes of at least 4 members (excludes halogenated alkanes) is 3. The van der Waals surface area contributed by atoms with Crippen LogP contribution in [0.15, 0.2) is 0 Å². The Labute approximate surface area is 116 Å². The van der Waals surface area contributed by atoms with E-state index in [4.69, 9.17) is 4.74 Å². The lowest BCUT2D eigenvalue weighted by atomic mass is 10.4. The maximum atomic E-state index is 5.66. The molecule has 0 unspecified atom stereocenters. The lowest BCUT2D eigenvalue weighted by Crippen LogP contribution is -2.16. The third-order valence-corrected chi connectivity index (χ3v) is 8.80. The molecule has 0 aromatic heterocycles. The molecule has 110 valence electrons. The summed E-state index contributed by atoms with van der Waals surface area (Å²) in [5.74, 6) is 0. The molecule has 0 aliphatic carbocycles. The van der Waals surface area contributed by atoms with Gasteiger partial charge in [-0.2, -0.15) is 0 Å². The third kappa shape index (κ3) is 8.48. The SMILES string of the molecule is CCCC[P+](CCCC)(CCCC)CCOCC. The van der Waals surface area contributed by atoms with Crippen molar-refractivity contribution in [2.75, 3.05) is 37.9 Å². The van der Waals surface area contributed by atoms with E-state index in [0.29, 0.717) is 0 Å². The maximum absolute atomic E-state index is 5.66. The van der Waals surface area contributed by atoms with Crippen LogP contribution in [0.2, 0.25) is 0 Å². The van der Waals surface area contributed by atoms with Crippen LogP contribution in [-0.4, -0.2) is 37.9 Å². The molecular formula is C16H36OP+. The van der Waals surface area contributed by atoms with Crippen LogP contribution in [0.1, 0.15) is 66.2 Å². The molecule has 0 fully saturated rings. The lowest BCUT2D eigenvalue weighted by Gasteiger charge is -2.27. The molecule has 0 aromatic carbocycles. The topological polar surface area (TPSA) is 9.23 Å². The molecule has 0 heterocycles. The second-order valence-electron chi connectivity index (χ2n) is 5.49. The fraction of sp³-hybridized carbons (Fsp3) is 1.00. The van der Waals surface area contributed by atoms with Crippen molar-refractivity contribution in [1.82, 2.24) is 0 Å². The Hall–Kier alpha value is 0.390. The van der Waals surface area contributed by atoms with E-state index in [1.165, 1.54) is 63.2 Å². The maximum Gasteiger partial charge on any atom is 0.0828 e. The van der Waals surface area contributed by atoms with Crippen molar-refractivity contribution in [2.24, 2.45) is 0 Å². The van der Waals surface area contributed by atoms with Gasteiger partial charge in [0.05, 0.1) is 31.3 Å². The van der Waals surface area contributed by atoms with Crippen LogP contribution in [0.25, 0.3) is 0 Å². The van der Waals surface area contributed by atoms with E-state index in [-0.39, 0.29) is 0 Å². The quantitative estimate of drug-likeness (QED) is 0.321. The Morgan fingerprint density at radius 3 is 1.44 bits per heavy atom. The molecule has 0 radical (unpaired) electrons. The second-order valence-corrected chi connectivity index (χ2v) is 9.97. The Bertz CT molecular complexity index is 149. The Kier molecular flexibility index (Phi) is 12.7.